The Morgan fingerprint density at radius 2 is 1.74 bits per heavy atom. The van der Waals surface area contributed by atoms with Crippen LogP contribution in [0.4, 0.5) is 5.69 Å². The van der Waals surface area contributed by atoms with Gasteiger partial charge in [-0.15, -0.1) is 5.10 Å². The van der Waals surface area contributed by atoms with E-state index >= 15 is 0 Å². The molecule has 0 radical (unpaired) electrons. The fourth-order valence-electron chi connectivity index (χ4n) is 6.98. The van der Waals surface area contributed by atoms with Crippen LogP contribution in [0.3, 0.4) is 0 Å². The smallest absolute Gasteiger partial charge is 0.344 e. The molecule has 6 nitrogen and oxygen atoms in total. The molecule has 7 rings (SSSR count). The largest absolute Gasteiger partial charge is 0.422 e. The number of aromatic nitrogens is 2. The topological polar surface area (TPSA) is 79.5 Å². The Hall–Kier alpha value is -3.51. The lowest BCUT2D eigenvalue weighted by Gasteiger charge is -2.33. The quantitative estimate of drug-likeness (QED) is 0.369. The predicted octanol–water partition coefficient (Wildman–Crippen LogP) is 5.48. The minimum absolute atomic E-state index is 0.295. The number of rotatable bonds is 4. The Bertz CT molecular complexity index is 1620. The maximum Gasteiger partial charge on any atom is 0.344 e. The highest BCUT2D eigenvalue weighted by atomic mass is 16.4. The molecular formula is C32H33N3O3. The van der Waals surface area contributed by atoms with E-state index in [1.165, 1.54) is 17.5 Å². The number of benzene rings is 2. The van der Waals surface area contributed by atoms with Crippen molar-refractivity contribution in [3.8, 4) is 22.4 Å². The van der Waals surface area contributed by atoms with Crippen molar-refractivity contribution in [2.24, 2.45) is 17.8 Å². The molecule has 6 heteroatoms. The van der Waals surface area contributed by atoms with Gasteiger partial charge >= 0.3 is 5.63 Å². The summed E-state index contributed by atoms with van der Waals surface area (Å²) in [7, 11) is 0. The van der Waals surface area contributed by atoms with Crippen LogP contribution < -0.4 is 10.5 Å². The van der Waals surface area contributed by atoms with Crippen molar-refractivity contribution in [2.45, 2.75) is 46.0 Å². The van der Waals surface area contributed by atoms with Crippen molar-refractivity contribution in [1.82, 2.24) is 10.2 Å². The second-order valence-corrected chi connectivity index (χ2v) is 11.3. The number of hydrogen-bond acceptors (Lipinski definition) is 6. The van der Waals surface area contributed by atoms with Crippen LogP contribution in [0.1, 0.15) is 41.6 Å². The molecule has 1 N–H and O–H groups in total. The molecular weight excluding hydrogens is 474 g/mol. The lowest BCUT2D eigenvalue weighted by molar-refractivity contribution is 0.262. The van der Waals surface area contributed by atoms with Crippen molar-refractivity contribution in [3.05, 3.63) is 75.3 Å². The molecule has 2 aliphatic carbocycles. The van der Waals surface area contributed by atoms with Gasteiger partial charge in [-0.1, -0.05) is 18.2 Å². The van der Waals surface area contributed by atoms with Crippen LogP contribution >= 0.6 is 0 Å². The summed E-state index contributed by atoms with van der Waals surface area (Å²) in [5, 5.41) is 20.0. The monoisotopic (exact) mass is 507 g/mol. The van der Waals surface area contributed by atoms with Gasteiger partial charge in [-0.2, -0.15) is 5.10 Å². The molecule has 4 aromatic rings. The maximum absolute atomic E-state index is 13.3. The summed E-state index contributed by atoms with van der Waals surface area (Å²) in [6.45, 7) is 6.46. The summed E-state index contributed by atoms with van der Waals surface area (Å²) in [6.07, 6.45) is 5.31. The van der Waals surface area contributed by atoms with E-state index in [0.29, 0.717) is 35.5 Å². The van der Waals surface area contributed by atoms with Gasteiger partial charge in [-0.25, -0.2) is 4.79 Å². The van der Waals surface area contributed by atoms with Gasteiger partial charge in [-0.3, -0.25) is 0 Å². The SMILES string of the molecule is Cc1nnc(-c2cccc(-c3c(C)c4ccc(N5CCC5)cc4oc3=O)c2)c2c1CC[C@H]1[C@@H](CO)[C@H]1CC2. The Morgan fingerprint density at radius 3 is 2.47 bits per heavy atom. The molecule has 1 saturated carbocycles. The zero-order chi connectivity index (χ0) is 26.0. The van der Waals surface area contributed by atoms with Gasteiger partial charge < -0.3 is 14.4 Å². The van der Waals surface area contributed by atoms with Crippen molar-refractivity contribution in [3.63, 3.8) is 0 Å². The Balaban J connectivity index is 1.29. The lowest BCUT2D eigenvalue weighted by atomic mass is 9.89. The van der Waals surface area contributed by atoms with Gasteiger partial charge in [0.15, 0.2) is 0 Å². The molecule has 2 fully saturated rings. The number of aryl methyl sites for hydroxylation is 2. The van der Waals surface area contributed by atoms with Crippen LogP contribution in [0.15, 0.2) is 51.7 Å². The maximum atomic E-state index is 13.3. The zero-order valence-corrected chi connectivity index (χ0v) is 22.0. The van der Waals surface area contributed by atoms with Crippen LogP contribution in [0.2, 0.25) is 0 Å². The van der Waals surface area contributed by atoms with Crippen LogP contribution in [-0.4, -0.2) is 35.0 Å². The van der Waals surface area contributed by atoms with Gasteiger partial charge in [0.1, 0.15) is 5.58 Å². The highest BCUT2D eigenvalue weighted by molar-refractivity contribution is 5.89. The van der Waals surface area contributed by atoms with E-state index in [2.05, 4.69) is 46.3 Å². The summed E-state index contributed by atoms with van der Waals surface area (Å²) in [5.41, 5.74) is 9.29. The van der Waals surface area contributed by atoms with Crippen LogP contribution in [-0.2, 0) is 12.8 Å². The first kappa shape index (κ1) is 23.6. The first-order valence-electron chi connectivity index (χ1n) is 13.9. The molecule has 0 amide bonds. The molecule has 0 unspecified atom stereocenters. The van der Waals surface area contributed by atoms with E-state index in [-0.39, 0.29) is 5.63 Å². The average Bonchev–Trinajstić information content (AvgIpc) is 3.54. The van der Waals surface area contributed by atoms with Crippen LogP contribution in [0.5, 0.6) is 0 Å². The molecule has 0 bridgehead atoms. The van der Waals surface area contributed by atoms with Gasteiger partial charge in [0, 0.05) is 42.4 Å². The number of aliphatic hydroxyl groups excluding tert-OH is 1. The second kappa shape index (κ2) is 9.05. The van der Waals surface area contributed by atoms with Gasteiger partial charge in [-0.05, 0) is 104 Å². The number of hydrogen-bond donors (Lipinski definition) is 1. The van der Waals surface area contributed by atoms with E-state index in [4.69, 9.17) is 4.42 Å². The van der Waals surface area contributed by atoms with Crippen LogP contribution in [0, 0.1) is 31.6 Å². The molecule has 194 valence electrons. The van der Waals surface area contributed by atoms with E-state index in [9.17, 15) is 9.90 Å². The van der Waals surface area contributed by atoms with E-state index in [0.717, 1.165) is 77.9 Å². The van der Waals surface area contributed by atoms with E-state index in [1.54, 1.807) is 0 Å². The van der Waals surface area contributed by atoms with Gasteiger partial charge in [0.25, 0.3) is 0 Å². The minimum atomic E-state index is -0.312. The number of nitrogens with zero attached hydrogens (tertiary/aromatic N) is 3. The summed E-state index contributed by atoms with van der Waals surface area (Å²) >= 11 is 0. The predicted molar refractivity (Wildman–Crippen MR) is 149 cm³/mol. The zero-order valence-electron chi connectivity index (χ0n) is 22.0. The summed E-state index contributed by atoms with van der Waals surface area (Å²) in [6, 6.07) is 14.3. The first-order valence-corrected chi connectivity index (χ1v) is 13.9. The molecule has 2 aromatic carbocycles. The highest BCUT2D eigenvalue weighted by Gasteiger charge is 2.49. The Kier molecular flexibility index (Phi) is 5.62. The van der Waals surface area contributed by atoms with Crippen molar-refractivity contribution in [1.29, 1.82) is 0 Å². The van der Waals surface area contributed by atoms with Crippen molar-refractivity contribution >= 4 is 16.7 Å². The standard InChI is InChI=1S/C32H33N3O3/c1-18-23-8-7-22(35-13-4-14-35)16-29(23)38-32(37)30(18)20-5-3-6-21(15-20)31-27-12-11-26-25(28(26)17-36)10-9-24(27)19(2)33-34-31/h3,5-8,15-16,25-26,28,36H,4,9-14,17H2,1-2H3/t25-,26+,28-/m1/s1. The Morgan fingerprint density at radius 1 is 0.974 bits per heavy atom. The normalized spacial score (nSPS) is 22.3. The average molecular weight is 508 g/mol. The summed E-state index contributed by atoms with van der Waals surface area (Å²) < 4.78 is 5.88. The number of aliphatic hydroxyl groups is 1. The molecule has 1 aliphatic heterocycles. The third kappa shape index (κ3) is 3.77. The molecule has 3 heterocycles. The molecule has 0 spiro atoms. The van der Waals surface area contributed by atoms with Gasteiger partial charge in [0.05, 0.1) is 17.0 Å². The number of fused-ring (bicyclic) bond motifs is 3. The van der Waals surface area contributed by atoms with Crippen molar-refractivity contribution < 1.29 is 9.52 Å². The van der Waals surface area contributed by atoms with E-state index < -0.39 is 0 Å². The minimum Gasteiger partial charge on any atom is -0.422 e. The van der Waals surface area contributed by atoms with E-state index in [1.807, 2.05) is 25.1 Å². The third-order valence-corrected chi connectivity index (χ3v) is 9.36. The fraction of sp³-hybridized carbons (Fsp3) is 0.406. The summed E-state index contributed by atoms with van der Waals surface area (Å²) in [4.78, 5) is 15.6. The molecule has 1 saturated heterocycles. The fourth-order valence-corrected chi connectivity index (χ4v) is 6.98. The molecule has 38 heavy (non-hydrogen) atoms. The summed E-state index contributed by atoms with van der Waals surface area (Å²) in [5.74, 6) is 1.71. The van der Waals surface area contributed by atoms with Crippen LogP contribution in [0.25, 0.3) is 33.4 Å². The Labute approximate surface area is 222 Å². The number of anilines is 1. The molecule has 3 atom stereocenters. The van der Waals surface area contributed by atoms with Crippen molar-refractivity contribution in [2.75, 3.05) is 24.6 Å². The highest BCUT2D eigenvalue weighted by Crippen LogP contribution is 2.53. The lowest BCUT2D eigenvalue weighted by Crippen LogP contribution is -2.36. The molecule has 3 aliphatic rings. The first-order chi connectivity index (χ1) is 18.5. The second-order valence-electron chi connectivity index (χ2n) is 11.3. The third-order valence-electron chi connectivity index (χ3n) is 9.36. The van der Waals surface area contributed by atoms with Gasteiger partial charge in [0.2, 0.25) is 0 Å². The molecule has 2 aromatic heterocycles.